The zero-order valence-electron chi connectivity index (χ0n) is 12.8. The van der Waals surface area contributed by atoms with Crippen LogP contribution in [0.25, 0.3) is 0 Å². The van der Waals surface area contributed by atoms with Gasteiger partial charge in [-0.3, -0.25) is 4.79 Å². The summed E-state index contributed by atoms with van der Waals surface area (Å²) in [7, 11) is 0. The maximum atomic E-state index is 12.4. The third-order valence-corrected chi connectivity index (χ3v) is 5.14. The summed E-state index contributed by atoms with van der Waals surface area (Å²) in [6.07, 6.45) is 1.63. The van der Waals surface area contributed by atoms with Crippen molar-refractivity contribution in [2.75, 3.05) is 6.61 Å². The molecule has 0 radical (unpaired) electrons. The van der Waals surface area contributed by atoms with E-state index in [0.717, 1.165) is 15.6 Å². The van der Waals surface area contributed by atoms with Gasteiger partial charge in [-0.2, -0.15) is 0 Å². The van der Waals surface area contributed by atoms with Crippen LogP contribution in [0.15, 0.2) is 24.3 Å². The van der Waals surface area contributed by atoms with Crippen molar-refractivity contribution in [3.05, 3.63) is 51.0 Å². The number of thiazole rings is 1. The Morgan fingerprint density at radius 3 is 2.45 bits per heavy atom. The molecule has 1 aromatic heterocycles. The van der Waals surface area contributed by atoms with Crippen LogP contribution in [-0.2, 0) is 24.1 Å². The second-order valence-electron chi connectivity index (χ2n) is 6.02. The number of aliphatic hydroxyl groups excluding tert-OH is 1. The van der Waals surface area contributed by atoms with E-state index in [1.54, 1.807) is 11.3 Å². The van der Waals surface area contributed by atoms with Gasteiger partial charge < -0.3 is 10.4 Å². The van der Waals surface area contributed by atoms with Crippen LogP contribution in [0.5, 0.6) is 0 Å². The highest BCUT2D eigenvalue weighted by Gasteiger charge is 2.37. The van der Waals surface area contributed by atoms with Crippen molar-refractivity contribution in [1.29, 1.82) is 0 Å². The molecule has 0 spiro atoms. The molecule has 0 bridgehead atoms. The highest BCUT2D eigenvalue weighted by Crippen LogP contribution is 2.30. The number of hydrogen-bond donors (Lipinski definition) is 2. The van der Waals surface area contributed by atoms with E-state index >= 15 is 0 Å². The Morgan fingerprint density at radius 2 is 1.95 bits per heavy atom. The largest absolute Gasteiger partial charge is 0.394 e. The van der Waals surface area contributed by atoms with Crippen LogP contribution in [0, 0.1) is 13.8 Å². The van der Waals surface area contributed by atoms with Crippen molar-refractivity contribution >= 4 is 17.2 Å². The highest BCUT2D eigenvalue weighted by molar-refractivity contribution is 7.11. The molecule has 0 saturated heterocycles. The van der Waals surface area contributed by atoms with Gasteiger partial charge in [0, 0.05) is 4.88 Å². The number of aryl methyl sites for hydroxylation is 2. The number of nitrogens with one attached hydrogen (secondary N) is 1. The molecule has 5 heteroatoms. The molecule has 1 amide bonds. The minimum Gasteiger partial charge on any atom is -0.394 e. The third-order valence-electron chi connectivity index (χ3n) is 4.21. The van der Waals surface area contributed by atoms with Gasteiger partial charge in [0.1, 0.15) is 0 Å². The van der Waals surface area contributed by atoms with Gasteiger partial charge in [0.05, 0.1) is 29.3 Å². The average Bonchev–Trinajstić information content (AvgIpc) is 2.99. The smallest absolute Gasteiger partial charge is 0.226 e. The quantitative estimate of drug-likeness (QED) is 0.906. The summed E-state index contributed by atoms with van der Waals surface area (Å²) in [5.74, 6) is -0.0738. The maximum absolute atomic E-state index is 12.4. The van der Waals surface area contributed by atoms with Crippen molar-refractivity contribution < 1.29 is 9.90 Å². The predicted molar refractivity (Wildman–Crippen MR) is 87.1 cm³/mol. The normalized spacial score (nSPS) is 15.6. The summed E-state index contributed by atoms with van der Waals surface area (Å²) >= 11 is 1.61. The SMILES string of the molecule is Cc1nc(CC(=O)NC2(CO)Cc3ccccc3C2)c(C)s1. The molecule has 1 aliphatic rings. The first kappa shape index (κ1) is 15.2. The van der Waals surface area contributed by atoms with Gasteiger partial charge in [0.2, 0.25) is 5.91 Å². The van der Waals surface area contributed by atoms with Crippen molar-refractivity contribution in [3.8, 4) is 0 Å². The number of hydrogen-bond acceptors (Lipinski definition) is 4. The molecule has 116 valence electrons. The Morgan fingerprint density at radius 1 is 1.32 bits per heavy atom. The number of carbonyl (C=O) groups excluding carboxylic acids is 1. The molecule has 1 heterocycles. The Kier molecular flexibility index (Phi) is 4.02. The fourth-order valence-corrected chi connectivity index (χ4v) is 4.00. The molecular weight excluding hydrogens is 296 g/mol. The Balaban J connectivity index is 1.71. The number of fused-ring (bicyclic) bond motifs is 1. The first-order valence-corrected chi connectivity index (χ1v) is 8.24. The van der Waals surface area contributed by atoms with Gasteiger partial charge in [-0.1, -0.05) is 24.3 Å². The molecule has 2 aromatic rings. The molecule has 1 aliphatic carbocycles. The Labute approximate surface area is 134 Å². The van der Waals surface area contributed by atoms with Crippen LogP contribution in [0.1, 0.15) is 26.7 Å². The van der Waals surface area contributed by atoms with E-state index in [0.29, 0.717) is 12.8 Å². The summed E-state index contributed by atoms with van der Waals surface area (Å²) in [4.78, 5) is 17.9. The van der Waals surface area contributed by atoms with E-state index < -0.39 is 5.54 Å². The maximum Gasteiger partial charge on any atom is 0.226 e. The molecule has 22 heavy (non-hydrogen) atoms. The zero-order valence-corrected chi connectivity index (χ0v) is 13.7. The first-order valence-electron chi connectivity index (χ1n) is 7.43. The van der Waals surface area contributed by atoms with Gasteiger partial charge in [-0.15, -0.1) is 11.3 Å². The molecule has 3 rings (SSSR count). The summed E-state index contributed by atoms with van der Waals surface area (Å²) in [5.41, 5.74) is 2.68. The zero-order chi connectivity index (χ0) is 15.7. The van der Waals surface area contributed by atoms with Gasteiger partial charge >= 0.3 is 0 Å². The van der Waals surface area contributed by atoms with E-state index in [9.17, 15) is 9.90 Å². The first-order chi connectivity index (χ1) is 10.5. The number of amides is 1. The van der Waals surface area contributed by atoms with E-state index in [1.165, 1.54) is 11.1 Å². The lowest BCUT2D eigenvalue weighted by Crippen LogP contribution is -2.52. The minimum absolute atomic E-state index is 0.0531. The van der Waals surface area contributed by atoms with E-state index in [1.807, 2.05) is 26.0 Å². The lowest BCUT2D eigenvalue weighted by Gasteiger charge is -2.28. The number of aliphatic hydroxyl groups is 1. The summed E-state index contributed by atoms with van der Waals surface area (Å²) in [6, 6.07) is 8.12. The molecule has 0 fully saturated rings. The molecule has 0 aliphatic heterocycles. The highest BCUT2D eigenvalue weighted by atomic mass is 32.1. The van der Waals surface area contributed by atoms with Crippen LogP contribution >= 0.6 is 11.3 Å². The Hall–Kier alpha value is -1.72. The lowest BCUT2D eigenvalue weighted by molar-refractivity contribution is -0.122. The molecule has 1 aromatic carbocycles. The van der Waals surface area contributed by atoms with Crippen LogP contribution in [0.3, 0.4) is 0 Å². The van der Waals surface area contributed by atoms with Crippen molar-refractivity contribution in [2.24, 2.45) is 0 Å². The standard InChI is InChI=1S/C17H20N2O2S/c1-11-15(18-12(2)22-11)7-16(21)19-17(10-20)8-13-5-3-4-6-14(13)9-17/h3-6,20H,7-10H2,1-2H3,(H,19,21). The monoisotopic (exact) mass is 316 g/mol. The van der Waals surface area contributed by atoms with Gasteiger partial charge in [0.25, 0.3) is 0 Å². The summed E-state index contributed by atoms with van der Waals surface area (Å²) in [6.45, 7) is 3.88. The predicted octanol–water partition coefficient (Wildman–Crippen LogP) is 1.95. The molecule has 4 nitrogen and oxygen atoms in total. The molecule has 2 N–H and O–H groups in total. The molecular formula is C17H20N2O2S. The van der Waals surface area contributed by atoms with Crippen LogP contribution in [0.2, 0.25) is 0 Å². The van der Waals surface area contributed by atoms with E-state index in [4.69, 9.17) is 0 Å². The second kappa shape index (κ2) is 5.82. The van der Waals surface area contributed by atoms with Crippen LogP contribution in [-0.4, -0.2) is 28.1 Å². The van der Waals surface area contributed by atoms with Gasteiger partial charge in [0.15, 0.2) is 0 Å². The summed E-state index contributed by atoms with van der Waals surface area (Å²) < 4.78 is 0. The number of rotatable bonds is 4. The topological polar surface area (TPSA) is 62.2 Å². The number of benzene rings is 1. The van der Waals surface area contributed by atoms with Crippen LogP contribution in [0.4, 0.5) is 0 Å². The lowest BCUT2D eigenvalue weighted by atomic mass is 9.96. The average molecular weight is 316 g/mol. The van der Waals surface area contributed by atoms with E-state index in [-0.39, 0.29) is 18.9 Å². The molecule has 0 atom stereocenters. The fraction of sp³-hybridized carbons (Fsp3) is 0.412. The third kappa shape index (κ3) is 2.91. The second-order valence-corrected chi connectivity index (χ2v) is 7.43. The van der Waals surface area contributed by atoms with Crippen molar-refractivity contribution in [1.82, 2.24) is 10.3 Å². The fourth-order valence-electron chi connectivity index (χ4n) is 3.16. The minimum atomic E-state index is -0.570. The van der Waals surface area contributed by atoms with Crippen molar-refractivity contribution in [3.63, 3.8) is 0 Å². The number of aromatic nitrogens is 1. The molecule has 0 unspecified atom stereocenters. The van der Waals surface area contributed by atoms with Crippen molar-refractivity contribution in [2.45, 2.75) is 38.6 Å². The van der Waals surface area contributed by atoms with Crippen LogP contribution < -0.4 is 5.32 Å². The number of nitrogens with zero attached hydrogens (tertiary/aromatic N) is 1. The van der Waals surface area contributed by atoms with Gasteiger partial charge in [-0.05, 0) is 37.8 Å². The Bertz CT molecular complexity index is 683. The summed E-state index contributed by atoms with van der Waals surface area (Å²) in [5, 5.41) is 13.9. The van der Waals surface area contributed by atoms with E-state index in [2.05, 4.69) is 22.4 Å². The number of carbonyl (C=O) groups is 1. The van der Waals surface area contributed by atoms with Gasteiger partial charge in [-0.25, -0.2) is 4.98 Å². The molecule has 0 saturated carbocycles.